The predicted octanol–water partition coefficient (Wildman–Crippen LogP) is 5.17. The van der Waals surface area contributed by atoms with E-state index in [1.165, 1.54) is 0 Å². The lowest BCUT2D eigenvalue weighted by Gasteiger charge is -2.13. The maximum absolute atomic E-state index is 12.8. The van der Waals surface area contributed by atoms with Crippen molar-refractivity contribution in [1.29, 1.82) is 0 Å². The number of carbonyl (C=O) groups excluding carboxylic acids is 1. The van der Waals surface area contributed by atoms with Crippen LogP contribution in [0.15, 0.2) is 84.9 Å². The topological polar surface area (TPSA) is 35.5 Å². The van der Waals surface area contributed by atoms with Crippen LogP contribution < -0.4 is 9.47 Å². The van der Waals surface area contributed by atoms with Crippen molar-refractivity contribution in [2.45, 2.75) is 6.61 Å². The van der Waals surface area contributed by atoms with Gasteiger partial charge in [0, 0.05) is 0 Å². The minimum absolute atomic E-state index is 0.158. The van der Waals surface area contributed by atoms with E-state index in [0.29, 0.717) is 23.7 Å². The zero-order valence-electron chi connectivity index (χ0n) is 14.6. The van der Waals surface area contributed by atoms with E-state index in [0.717, 1.165) is 11.1 Å². The summed E-state index contributed by atoms with van der Waals surface area (Å²) in [6.07, 6.45) is 3.33. The average Bonchev–Trinajstić information content (AvgIpc) is 2.71. The normalized spacial score (nSPS) is 10.7. The van der Waals surface area contributed by atoms with Crippen molar-refractivity contribution in [2.24, 2.45) is 0 Å². The Bertz CT molecular complexity index is 884. The Labute approximate surface area is 153 Å². The standard InChI is InChI=1S/C23H20O3/c1-25-21-13-8-14-22(26-17-19-11-6-3-7-12-19)23(21)20(24)16-15-18-9-4-2-5-10-18/h2-16H,17H2,1H3. The molecule has 0 amide bonds. The molecule has 0 aliphatic heterocycles. The van der Waals surface area contributed by atoms with Crippen molar-refractivity contribution in [3.63, 3.8) is 0 Å². The molecule has 0 unspecified atom stereocenters. The van der Waals surface area contributed by atoms with Crippen LogP contribution in [0.3, 0.4) is 0 Å². The number of benzene rings is 3. The van der Waals surface area contributed by atoms with Crippen molar-refractivity contribution in [1.82, 2.24) is 0 Å². The van der Waals surface area contributed by atoms with E-state index in [9.17, 15) is 4.79 Å². The van der Waals surface area contributed by atoms with Crippen LogP contribution in [0, 0.1) is 0 Å². The molecule has 3 aromatic rings. The van der Waals surface area contributed by atoms with E-state index >= 15 is 0 Å². The number of ether oxygens (including phenoxy) is 2. The fourth-order valence-corrected chi connectivity index (χ4v) is 2.60. The fourth-order valence-electron chi connectivity index (χ4n) is 2.60. The molecule has 0 saturated heterocycles. The molecular formula is C23H20O3. The van der Waals surface area contributed by atoms with Gasteiger partial charge in [0.25, 0.3) is 0 Å². The lowest BCUT2D eigenvalue weighted by molar-refractivity contribution is 0.104. The van der Waals surface area contributed by atoms with E-state index in [1.807, 2.05) is 66.7 Å². The van der Waals surface area contributed by atoms with Crippen LogP contribution >= 0.6 is 0 Å². The highest BCUT2D eigenvalue weighted by Crippen LogP contribution is 2.30. The summed E-state index contributed by atoms with van der Waals surface area (Å²) in [5.41, 5.74) is 2.43. The second-order valence-corrected chi connectivity index (χ2v) is 5.72. The highest BCUT2D eigenvalue weighted by atomic mass is 16.5. The molecule has 3 nitrogen and oxygen atoms in total. The van der Waals surface area contributed by atoms with Crippen LogP contribution in [-0.4, -0.2) is 12.9 Å². The van der Waals surface area contributed by atoms with Crippen LogP contribution in [0.2, 0.25) is 0 Å². The molecule has 3 rings (SSSR count). The molecule has 0 heterocycles. The second kappa shape index (κ2) is 8.67. The molecular weight excluding hydrogens is 324 g/mol. The molecule has 130 valence electrons. The van der Waals surface area contributed by atoms with Gasteiger partial charge in [-0.25, -0.2) is 0 Å². The molecule has 0 saturated carbocycles. The van der Waals surface area contributed by atoms with E-state index < -0.39 is 0 Å². The first-order valence-electron chi connectivity index (χ1n) is 8.39. The second-order valence-electron chi connectivity index (χ2n) is 5.72. The van der Waals surface area contributed by atoms with Gasteiger partial charge in [-0.3, -0.25) is 4.79 Å². The largest absolute Gasteiger partial charge is 0.496 e. The smallest absolute Gasteiger partial charge is 0.193 e. The minimum atomic E-state index is -0.158. The number of methoxy groups -OCH3 is 1. The first-order valence-corrected chi connectivity index (χ1v) is 8.39. The predicted molar refractivity (Wildman–Crippen MR) is 104 cm³/mol. The van der Waals surface area contributed by atoms with Gasteiger partial charge in [0.2, 0.25) is 0 Å². The van der Waals surface area contributed by atoms with E-state index in [-0.39, 0.29) is 5.78 Å². The molecule has 3 aromatic carbocycles. The molecule has 3 heteroatoms. The van der Waals surface area contributed by atoms with Gasteiger partial charge in [-0.05, 0) is 29.3 Å². The Balaban J connectivity index is 1.84. The Morgan fingerprint density at radius 2 is 1.50 bits per heavy atom. The summed E-state index contributed by atoms with van der Waals surface area (Å²) in [6.45, 7) is 0.386. The van der Waals surface area contributed by atoms with Crippen molar-refractivity contribution >= 4 is 11.9 Å². The third kappa shape index (κ3) is 4.39. The zero-order valence-corrected chi connectivity index (χ0v) is 14.6. The summed E-state index contributed by atoms with van der Waals surface area (Å²) >= 11 is 0. The Morgan fingerprint density at radius 3 is 2.19 bits per heavy atom. The first kappa shape index (κ1) is 17.5. The fraction of sp³-hybridized carbons (Fsp3) is 0.0870. The number of hydrogen-bond donors (Lipinski definition) is 0. The lowest BCUT2D eigenvalue weighted by Crippen LogP contribution is -2.05. The van der Waals surface area contributed by atoms with E-state index in [4.69, 9.17) is 9.47 Å². The van der Waals surface area contributed by atoms with Gasteiger partial charge in [0.05, 0.1) is 7.11 Å². The summed E-state index contributed by atoms with van der Waals surface area (Å²) < 4.78 is 11.3. The van der Waals surface area contributed by atoms with E-state index in [1.54, 1.807) is 31.4 Å². The summed E-state index contributed by atoms with van der Waals surface area (Å²) in [7, 11) is 1.55. The number of ketones is 1. The quantitative estimate of drug-likeness (QED) is 0.438. The van der Waals surface area contributed by atoms with Gasteiger partial charge in [-0.1, -0.05) is 72.8 Å². The van der Waals surface area contributed by atoms with Gasteiger partial charge in [0.15, 0.2) is 5.78 Å². The number of allylic oxidation sites excluding steroid dienone is 1. The summed E-state index contributed by atoms with van der Waals surface area (Å²) in [6, 6.07) is 24.9. The van der Waals surface area contributed by atoms with Crippen molar-refractivity contribution in [3.8, 4) is 11.5 Å². The Morgan fingerprint density at radius 1 is 0.846 bits per heavy atom. The van der Waals surface area contributed by atoms with Gasteiger partial charge >= 0.3 is 0 Å². The average molecular weight is 344 g/mol. The highest BCUT2D eigenvalue weighted by molar-refractivity contribution is 6.10. The monoisotopic (exact) mass is 344 g/mol. The maximum atomic E-state index is 12.8. The van der Waals surface area contributed by atoms with Crippen molar-refractivity contribution < 1.29 is 14.3 Å². The molecule has 0 aromatic heterocycles. The molecule has 0 N–H and O–H groups in total. The van der Waals surface area contributed by atoms with Crippen molar-refractivity contribution in [3.05, 3.63) is 102 Å². The first-order chi connectivity index (χ1) is 12.8. The van der Waals surface area contributed by atoms with Gasteiger partial charge in [-0.15, -0.1) is 0 Å². The molecule has 0 fully saturated rings. The van der Waals surface area contributed by atoms with Gasteiger partial charge in [-0.2, -0.15) is 0 Å². The van der Waals surface area contributed by atoms with Gasteiger partial charge < -0.3 is 9.47 Å². The summed E-state index contributed by atoms with van der Waals surface area (Å²) in [4.78, 5) is 12.8. The lowest BCUT2D eigenvalue weighted by atomic mass is 10.1. The third-order valence-corrected chi connectivity index (χ3v) is 3.92. The SMILES string of the molecule is COc1cccc(OCc2ccccc2)c1C(=O)C=Cc1ccccc1. The zero-order chi connectivity index (χ0) is 18.2. The van der Waals surface area contributed by atoms with Crippen LogP contribution in [0.25, 0.3) is 6.08 Å². The molecule has 0 radical (unpaired) electrons. The Hall–Kier alpha value is -3.33. The maximum Gasteiger partial charge on any atom is 0.193 e. The van der Waals surface area contributed by atoms with Crippen molar-refractivity contribution in [2.75, 3.05) is 7.11 Å². The van der Waals surface area contributed by atoms with E-state index in [2.05, 4.69) is 0 Å². The molecule has 26 heavy (non-hydrogen) atoms. The summed E-state index contributed by atoms with van der Waals surface area (Å²) in [5.74, 6) is 0.851. The molecule has 0 spiro atoms. The number of carbonyl (C=O) groups is 1. The molecule has 0 atom stereocenters. The van der Waals surface area contributed by atoms with Crippen LogP contribution in [0.1, 0.15) is 21.5 Å². The highest BCUT2D eigenvalue weighted by Gasteiger charge is 2.16. The molecule has 0 bridgehead atoms. The number of rotatable bonds is 7. The molecule has 0 aliphatic rings. The van der Waals surface area contributed by atoms with Gasteiger partial charge in [0.1, 0.15) is 23.7 Å². The minimum Gasteiger partial charge on any atom is -0.496 e. The number of hydrogen-bond acceptors (Lipinski definition) is 3. The summed E-state index contributed by atoms with van der Waals surface area (Å²) in [5, 5.41) is 0. The molecule has 0 aliphatic carbocycles. The Kier molecular flexibility index (Phi) is 5.84. The third-order valence-electron chi connectivity index (χ3n) is 3.92. The van der Waals surface area contributed by atoms with Crippen LogP contribution in [0.5, 0.6) is 11.5 Å². The van der Waals surface area contributed by atoms with Crippen LogP contribution in [-0.2, 0) is 6.61 Å². The van der Waals surface area contributed by atoms with Crippen LogP contribution in [0.4, 0.5) is 0 Å².